The first-order chi connectivity index (χ1) is 7.74. The third-order valence-corrected chi connectivity index (χ3v) is 3.13. The van der Waals surface area contributed by atoms with Crippen molar-refractivity contribution in [2.45, 2.75) is 19.4 Å². The number of primary amides is 1. The van der Waals surface area contributed by atoms with Crippen molar-refractivity contribution in [3.63, 3.8) is 0 Å². The van der Waals surface area contributed by atoms with E-state index in [2.05, 4.69) is 5.32 Å². The van der Waals surface area contributed by atoms with Gasteiger partial charge in [0.2, 0.25) is 5.91 Å². The van der Waals surface area contributed by atoms with Crippen molar-refractivity contribution in [3.05, 3.63) is 21.9 Å². The van der Waals surface area contributed by atoms with Crippen LogP contribution in [0.25, 0.3) is 0 Å². The van der Waals surface area contributed by atoms with E-state index < -0.39 is 0 Å². The molecule has 0 fully saturated rings. The topological polar surface area (TPSA) is 64.3 Å². The molecule has 0 radical (unpaired) electrons. The van der Waals surface area contributed by atoms with Crippen molar-refractivity contribution in [2.24, 2.45) is 5.73 Å². The first-order valence-electron chi connectivity index (χ1n) is 5.31. The molecule has 16 heavy (non-hydrogen) atoms. The van der Waals surface area contributed by atoms with Crippen LogP contribution in [0.5, 0.6) is 0 Å². The maximum atomic E-state index is 10.9. The maximum absolute atomic E-state index is 10.9. The predicted octanol–water partition coefficient (Wildman–Crippen LogP) is 1.36. The Labute approximate surface area is 99.8 Å². The van der Waals surface area contributed by atoms with Crippen molar-refractivity contribution < 1.29 is 9.53 Å². The zero-order valence-electron chi connectivity index (χ0n) is 9.49. The summed E-state index contributed by atoms with van der Waals surface area (Å²) in [6.45, 7) is 2.57. The summed E-state index contributed by atoms with van der Waals surface area (Å²) in [5, 5.41) is 5.11. The minimum Gasteiger partial charge on any atom is -0.385 e. The molecule has 0 aliphatic heterocycles. The second-order valence-electron chi connectivity index (χ2n) is 3.54. The number of amides is 1. The van der Waals surface area contributed by atoms with E-state index in [1.807, 2.05) is 6.07 Å². The van der Waals surface area contributed by atoms with Gasteiger partial charge in [0.15, 0.2) is 0 Å². The van der Waals surface area contributed by atoms with Gasteiger partial charge < -0.3 is 15.8 Å². The number of carbonyl (C=O) groups excluding carboxylic acids is 1. The molecule has 1 rings (SSSR count). The molecule has 0 aromatic carbocycles. The Hall–Kier alpha value is -0.910. The molecule has 1 heterocycles. The molecule has 1 aromatic rings. The van der Waals surface area contributed by atoms with Crippen LogP contribution in [-0.2, 0) is 11.3 Å². The fourth-order valence-corrected chi connectivity index (χ4v) is 2.15. The number of hydrogen-bond acceptors (Lipinski definition) is 4. The Balaban J connectivity index is 2.14. The van der Waals surface area contributed by atoms with Gasteiger partial charge in [-0.15, -0.1) is 11.3 Å². The molecule has 0 spiro atoms. The molecule has 0 aliphatic carbocycles. The molecular weight excluding hydrogens is 224 g/mol. The Bertz CT molecular complexity index is 326. The lowest BCUT2D eigenvalue weighted by Gasteiger charge is -2.02. The predicted molar refractivity (Wildman–Crippen MR) is 65.7 cm³/mol. The molecule has 3 N–H and O–H groups in total. The first kappa shape index (κ1) is 13.2. The van der Waals surface area contributed by atoms with Gasteiger partial charge in [-0.1, -0.05) is 0 Å². The standard InChI is InChI=1S/C11H18N2O2S/c1-15-5-3-2-4-13-7-10-6-9(8-16-10)11(12)14/h6,8,13H,2-5,7H2,1H3,(H2,12,14). The lowest BCUT2D eigenvalue weighted by atomic mass is 10.3. The number of hydrogen-bond donors (Lipinski definition) is 2. The van der Waals surface area contributed by atoms with E-state index in [-0.39, 0.29) is 5.91 Å². The number of methoxy groups -OCH3 is 1. The summed E-state index contributed by atoms with van der Waals surface area (Å²) in [5.41, 5.74) is 5.77. The average Bonchev–Trinajstić information content (AvgIpc) is 2.72. The van der Waals surface area contributed by atoms with E-state index in [9.17, 15) is 4.79 Å². The van der Waals surface area contributed by atoms with Gasteiger partial charge in [0.25, 0.3) is 0 Å². The highest BCUT2D eigenvalue weighted by atomic mass is 32.1. The molecule has 1 amide bonds. The van der Waals surface area contributed by atoms with Gasteiger partial charge in [0.1, 0.15) is 0 Å². The molecule has 4 nitrogen and oxygen atoms in total. The van der Waals surface area contributed by atoms with Crippen LogP contribution in [0.15, 0.2) is 11.4 Å². The van der Waals surface area contributed by atoms with Crippen LogP contribution in [0.1, 0.15) is 28.1 Å². The SMILES string of the molecule is COCCCCNCc1cc(C(N)=O)cs1. The summed E-state index contributed by atoms with van der Waals surface area (Å²) in [6, 6.07) is 1.84. The van der Waals surface area contributed by atoms with Crippen molar-refractivity contribution in [2.75, 3.05) is 20.3 Å². The highest BCUT2D eigenvalue weighted by molar-refractivity contribution is 7.10. The number of ether oxygens (including phenoxy) is 1. The minimum atomic E-state index is -0.359. The summed E-state index contributed by atoms with van der Waals surface area (Å²) in [4.78, 5) is 12.0. The van der Waals surface area contributed by atoms with E-state index in [0.717, 1.165) is 37.4 Å². The molecule has 0 saturated heterocycles. The third-order valence-electron chi connectivity index (χ3n) is 2.19. The van der Waals surface area contributed by atoms with Gasteiger partial charge in [-0.2, -0.15) is 0 Å². The monoisotopic (exact) mass is 242 g/mol. The molecule has 0 aliphatic rings. The van der Waals surface area contributed by atoms with Crippen LogP contribution in [0, 0.1) is 0 Å². The minimum absolute atomic E-state index is 0.359. The van der Waals surface area contributed by atoms with Gasteiger partial charge in [-0.25, -0.2) is 0 Å². The van der Waals surface area contributed by atoms with Gasteiger partial charge in [-0.3, -0.25) is 4.79 Å². The Morgan fingerprint density at radius 3 is 3.00 bits per heavy atom. The fourth-order valence-electron chi connectivity index (χ4n) is 1.31. The molecule has 90 valence electrons. The summed E-state index contributed by atoms with van der Waals surface area (Å²) in [7, 11) is 1.71. The summed E-state index contributed by atoms with van der Waals surface area (Å²) in [5.74, 6) is -0.359. The van der Waals surface area contributed by atoms with Gasteiger partial charge in [0.05, 0.1) is 5.56 Å². The number of thiophene rings is 1. The van der Waals surface area contributed by atoms with E-state index in [4.69, 9.17) is 10.5 Å². The molecule has 5 heteroatoms. The smallest absolute Gasteiger partial charge is 0.249 e. The fraction of sp³-hybridized carbons (Fsp3) is 0.545. The zero-order valence-corrected chi connectivity index (χ0v) is 10.3. The van der Waals surface area contributed by atoms with Crippen molar-refractivity contribution in [1.82, 2.24) is 5.32 Å². The lowest BCUT2D eigenvalue weighted by molar-refractivity contribution is 0.100. The molecule has 0 saturated carbocycles. The Morgan fingerprint density at radius 1 is 1.56 bits per heavy atom. The van der Waals surface area contributed by atoms with E-state index in [1.165, 1.54) is 0 Å². The van der Waals surface area contributed by atoms with Crippen LogP contribution in [0.2, 0.25) is 0 Å². The lowest BCUT2D eigenvalue weighted by Crippen LogP contribution is -2.14. The van der Waals surface area contributed by atoms with Crippen LogP contribution in [-0.4, -0.2) is 26.2 Å². The Kier molecular flexibility index (Phi) is 6.07. The number of carbonyl (C=O) groups is 1. The van der Waals surface area contributed by atoms with Gasteiger partial charge in [0, 0.05) is 30.5 Å². The van der Waals surface area contributed by atoms with Crippen LogP contribution in [0.4, 0.5) is 0 Å². The quantitative estimate of drug-likeness (QED) is 0.677. The zero-order chi connectivity index (χ0) is 11.8. The number of nitrogens with one attached hydrogen (secondary N) is 1. The second-order valence-corrected chi connectivity index (χ2v) is 4.54. The highest BCUT2D eigenvalue weighted by Gasteiger charge is 2.03. The van der Waals surface area contributed by atoms with Crippen LogP contribution in [0.3, 0.4) is 0 Å². The molecule has 0 unspecified atom stereocenters. The summed E-state index contributed by atoms with van der Waals surface area (Å²) >= 11 is 1.56. The van der Waals surface area contributed by atoms with Crippen molar-refractivity contribution in [3.8, 4) is 0 Å². The normalized spacial score (nSPS) is 10.6. The van der Waals surface area contributed by atoms with Gasteiger partial charge >= 0.3 is 0 Å². The number of nitrogens with two attached hydrogens (primary N) is 1. The third kappa shape index (κ3) is 4.74. The Morgan fingerprint density at radius 2 is 2.38 bits per heavy atom. The first-order valence-corrected chi connectivity index (χ1v) is 6.19. The largest absolute Gasteiger partial charge is 0.385 e. The van der Waals surface area contributed by atoms with Crippen LogP contribution >= 0.6 is 11.3 Å². The van der Waals surface area contributed by atoms with Gasteiger partial charge in [-0.05, 0) is 25.5 Å². The van der Waals surface area contributed by atoms with Crippen molar-refractivity contribution in [1.29, 1.82) is 0 Å². The number of unbranched alkanes of at least 4 members (excludes halogenated alkanes) is 1. The van der Waals surface area contributed by atoms with E-state index >= 15 is 0 Å². The van der Waals surface area contributed by atoms with Crippen molar-refractivity contribution >= 4 is 17.2 Å². The molecule has 1 aromatic heterocycles. The maximum Gasteiger partial charge on any atom is 0.249 e. The summed E-state index contributed by atoms with van der Waals surface area (Å²) < 4.78 is 4.96. The average molecular weight is 242 g/mol. The molecule has 0 bridgehead atoms. The van der Waals surface area contributed by atoms with E-state index in [1.54, 1.807) is 23.8 Å². The second kappa shape index (κ2) is 7.38. The van der Waals surface area contributed by atoms with E-state index in [0.29, 0.717) is 5.56 Å². The van der Waals surface area contributed by atoms with Crippen LogP contribution < -0.4 is 11.1 Å². The molecule has 0 atom stereocenters. The summed E-state index contributed by atoms with van der Waals surface area (Å²) in [6.07, 6.45) is 2.17. The highest BCUT2D eigenvalue weighted by Crippen LogP contribution is 2.13. The molecular formula is C11H18N2O2S. The number of rotatable bonds is 8.